The maximum Gasteiger partial charge on any atom is 0.268 e. The predicted octanol–water partition coefficient (Wildman–Crippen LogP) is 0.798. The van der Waals surface area contributed by atoms with Crippen LogP contribution >= 0.6 is 0 Å². The van der Waals surface area contributed by atoms with Gasteiger partial charge in [-0.3, -0.25) is 4.31 Å². The Morgan fingerprint density at radius 3 is 2.86 bits per heavy atom. The molecular formula is C13H13BN4O2S. The molecule has 0 atom stereocenters. The standard InChI is InChI=1S/C13H13BN4O2S/c1-2-7-18-10-6-4-3-5-9(10)12-11(21(18,19)20)8-15-13(16-12)17-14/h2-6,8H,1,7,14H2,(H,15,16,17). The zero-order chi connectivity index (χ0) is 15.0. The molecule has 1 aromatic carbocycles. The molecule has 2 heterocycles. The van der Waals surface area contributed by atoms with Gasteiger partial charge in [-0.2, -0.15) is 0 Å². The first-order valence-corrected chi connectivity index (χ1v) is 7.81. The van der Waals surface area contributed by atoms with Crippen LogP contribution in [-0.4, -0.2) is 32.9 Å². The molecule has 0 amide bonds. The van der Waals surface area contributed by atoms with Crippen LogP contribution in [0.2, 0.25) is 0 Å². The topological polar surface area (TPSA) is 75.2 Å². The van der Waals surface area contributed by atoms with E-state index < -0.39 is 10.0 Å². The van der Waals surface area contributed by atoms with Crippen molar-refractivity contribution in [3.63, 3.8) is 0 Å². The summed E-state index contributed by atoms with van der Waals surface area (Å²) < 4.78 is 26.8. The van der Waals surface area contributed by atoms with Crippen molar-refractivity contribution < 1.29 is 8.42 Å². The average molecular weight is 300 g/mol. The molecule has 0 saturated carbocycles. The summed E-state index contributed by atoms with van der Waals surface area (Å²) in [6, 6.07) is 7.27. The Morgan fingerprint density at radius 1 is 1.38 bits per heavy atom. The highest BCUT2D eigenvalue weighted by Crippen LogP contribution is 2.41. The highest BCUT2D eigenvalue weighted by Gasteiger charge is 2.35. The van der Waals surface area contributed by atoms with Gasteiger partial charge in [0.15, 0.2) is 0 Å². The van der Waals surface area contributed by atoms with Crippen LogP contribution in [0.5, 0.6) is 0 Å². The molecular weight excluding hydrogens is 287 g/mol. The van der Waals surface area contributed by atoms with Gasteiger partial charge < -0.3 is 5.23 Å². The van der Waals surface area contributed by atoms with Gasteiger partial charge in [0.05, 0.1) is 24.1 Å². The predicted molar refractivity (Wildman–Crippen MR) is 84.4 cm³/mol. The van der Waals surface area contributed by atoms with Crippen LogP contribution in [0.25, 0.3) is 11.3 Å². The third-order valence-corrected chi connectivity index (χ3v) is 5.05. The number of hydrogen-bond donors (Lipinski definition) is 1. The number of benzene rings is 1. The van der Waals surface area contributed by atoms with Crippen molar-refractivity contribution in [1.82, 2.24) is 9.97 Å². The molecule has 2 aromatic rings. The van der Waals surface area contributed by atoms with Gasteiger partial charge in [0.1, 0.15) is 4.90 Å². The number of anilines is 2. The first kappa shape index (κ1) is 13.6. The average Bonchev–Trinajstić information content (AvgIpc) is 2.51. The Bertz CT molecular complexity index is 823. The Hall–Kier alpha value is -2.35. The van der Waals surface area contributed by atoms with Crippen LogP contribution in [0.3, 0.4) is 0 Å². The maximum absolute atomic E-state index is 12.7. The second-order valence-electron chi connectivity index (χ2n) is 4.50. The van der Waals surface area contributed by atoms with Crippen LogP contribution in [0.1, 0.15) is 0 Å². The number of rotatable bonds is 3. The number of nitrogens with zero attached hydrogens (tertiary/aromatic N) is 3. The number of nitrogens with one attached hydrogen (secondary N) is 1. The van der Waals surface area contributed by atoms with Crippen molar-refractivity contribution in [2.75, 3.05) is 16.1 Å². The number of para-hydroxylation sites is 1. The molecule has 1 N–H and O–H groups in total. The van der Waals surface area contributed by atoms with Crippen LogP contribution < -0.4 is 9.53 Å². The van der Waals surface area contributed by atoms with Gasteiger partial charge in [0.2, 0.25) is 13.9 Å². The fourth-order valence-corrected chi connectivity index (χ4v) is 3.87. The fraction of sp³-hybridized carbons (Fsp3) is 0.0769. The van der Waals surface area contributed by atoms with Crippen molar-refractivity contribution in [2.24, 2.45) is 0 Å². The second-order valence-corrected chi connectivity index (χ2v) is 6.33. The normalized spacial score (nSPS) is 15.0. The summed E-state index contributed by atoms with van der Waals surface area (Å²) in [5, 5.41) is 2.82. The lowest BCUT2D eigenvalue weighted by Gasteiger charge is -2.30. The fourth-order valence-electron chi connectivity index (χ4n) is 2.33. The minimum Gasteiger partial charge on any atom is -0.404 e. The summed E-state index contributed by atoms with van der Waals surface area (Å²) in [5.74, 6) is 0.385. The number of aromatic nitrogens is 2. The molecule has 0 radical (unpaired) electrons. The largest absolute Gasteiger partial charge is 0.404 e. The van der Waals surface area contributed by atoms with E-state index in [2.05, 4.69) is 21.8 Å². The molecule has 0 fully saturated rings. The molecule has 21 heavy (non-hydrogen) atoms. The number of hydrogen-bond acceptors (Lipinski definition) is 5. The summed E-state index contributed by atoms with van der Waals surface area (Å²) in [5.41, 5.74) is 1.79. The van der Waals surface area contributed by atoms with E-state index in [4.69, 9.17) is 0 Å². The Balaban J connectivity index is 2.35. The SMILES string of the molecule is BNc1ncc2c(n1)-c1ccccc1N(CC=C)S2(=O)=O. The van der Waals surface area contributed by atoms with Crippen LogP contribution in [0.15, 0.2) is 48.0 Å². The molecule has 1 aliphatic rings. The monoisotopic (exact) mass is 300 g/mol. The van der Waals surface area contributed by atoms with Crippen LogP contribution in [0.4, 0.5) is 11.6 Å². The van der Waals surface area contributed by atoms with Gasteiger partial charge in [-0.15, -0.1) is 6.58 Å². The highest BCUT2D eigenvalue weighted by molar-refractivity contribution is 7.93. The van der Waals surface area contributed by atoms with Gasteiger partial charge in [0, 0.05) is 5.56 Å². The van der Waals surface area contributed by atoms with Gasteiger partial charge in [-0.25, -0.2) is 18.4 Å². The lowest BCUT2D eigenvalue weighted by atomic mass is 10.1. The van der Waals surface area contributed by atoms with E-state index in [0.29, 0.717) is 17.3 Å². The molecule has 0 aliphatic carbocycles. The smallest absolute Gasteiger partial charge is 0.268 e. The summed E-state index contributed by atoms with van der Waals surface area (Å²) in [7, 11) is -1.98. The molecule has 0 spiro atoms. The van der Waals surface area contributed by atoms with Gasteiger partial charge >= 0.3 is 0 Å². The molecule has 8 heteroatoms. The van der Waals surface area contributed by atoms with Gasteiger partial charge in [0.25, 0.3) is 10.0 Å². The van der Waals surface area contributed by atoms with E-state index in [1.165, 1.54) is 10.5 Å². The van der Waals surface area contributed by atoms with E-state index in [1.807, 2.05) is 12.1 Å². The van der Waals surface area contributed by atoms with Crippen molar-refractivity contribution in [3.8, 4) is 11.3 Å². The van der Waals surface area contributed by atoms with Crippen LogP contribution in [0, 0.1) is 0 Å². The van der Waals surface area contributed by atoms with Gasteiger partial charge in [-0.1, -0.05) is 24.3 Å². The zero-order valence-corrected chi connectivity index (χ0v) is 12.3. The number of fused-ring (bicyclic) bond motifs is 3. The molecule has 0 unspecified atom stereocenters. The molecule has 106 valence electrons. The lowest BCUT2D eigenvalue weighted by molar-refractivity contribution is 0.591. The van der Waals surface area contributed by atoms with Crippen molar-refractivity contribution in [1.29, 1.82) is 0 Å². The first-order chi connectivity index (χ1) is 10.1. The second kappa shape index (κ2) is 4.89. The maximum atomic E-state index is 12.7. The minimum atomic E-state index is -3.67. The first-order valence-electron chi connectivity index (χ1n) is 6.37. The van der Waals surface area contributed by atoms with E-state index in [-0.39, 0.29) is 11.4 Å². The molecule has 1 aromatic heterocycles. The summed E-state index contributed by atoms with van der Waals surface area (Å²) >= 11 is 0. The molecule has 6 nitrogen and oxygen atoms in total. The summed E-state index contributed by atoms with van der Waals surface area (Å²) in [6.07, 6.45) is 2.90. The lowest BCUT2D eigenvalue weighted by Crippen LogP contribution is -2.35. The summed E-state index contributed by atoms with van der Waals surface area (Å²) in [4.78, 5) is 8.44. The molecule has 0 saturated heterocycles. The Morgan fingerprint density at radius 2 is 2.14 bits per heavy atom. The van der Waals surface area contributed by atoms with Crippen molar-refractivity contribution in [2.45, 2.75) is 4.90 Å². The molecule has 0 bridgehead atoms. The van der Waals surface area contributed by atoms with E-state index in [1.54, 1.807) is 26.2 Å². The molecule has 1 aliphatic heterocycles. The Kier molecular flexibility index (Phi) is 3.17. The van der Waals surface area contributed by atoms with E-state index in [9.17, 15) is 8.42 Å². The van der Waals surface area contributed by atoms with Crippen molar-refractivity contribution >= 4 is 29.6 Å². The number of sulfonamides is 1. The third-order valence-electron chi connectivity index (χ3n) is 3.27. The zero-order valence-electron chi connectivity index (χ0n) is 11.4. The van der Waals surface area contributed by atoms with E-state index >= 15 is 0 Å². The summed E-state index contributed by atoms with van der Waals surface area (Å²) in [6.45, 7) is 3.83. The van der Waals surface area contributed by atoms with Crippen molar-refractivity contribution in [3.05, 3.63) is 43.1 Å². The molecule has 3 rings (SSSR count). The van der Waals surface area contributed by atoms with Gasteiger partial charge in [-0.05, 0) is 6.07 Å². The third kappa shape index (κ3) is 1.99. The van der Waals surface area contributed by atoms with E-state index in [0.717, 1.165) is 5.56 Å². The quantitative estimate of drug-likeness (QED) is 0.670. The highest BCUT2D eigenvalue weighted by atomic mass is 32.2. The Labute approximate surface area is 124 Å². The van der Waals surface area contributed by atoms with Crippen LogP contribution in [-0.2, 0) is 10.0 Å². The minimum absolute atomic E-state index is 0.113.